The van der Waals surface area contributed by atoms with Gasteiger partial charge < -0.3 is 9.47 Å². The first-order chi connectivity index (χ1) is 11.0. The van der Waals surface area contributed by atoms with E-state index in [4.69, 9.17) is 9.47 Å². The summed E-state index contributed by atoms with van der Waals surface area (Å²) in [6, 6.07) is 5.19. The Hall–Kier alpha value is -1.02. The summed E-state index contributed by atoms with van der Waals surface area (Å²) in [4.78, 5) is 0.0216. The van der Waals surface area contributed by atoms with Crippen LogP contribution in [0.25, 0.3) is 0 Å². The van der Waals surface area contributed by atoms with E-state index in [1.165, 1.54) is 22.5 Å². The van der Waals surface area contributed by atoms with Gasteiger partial charge in [-0.3, -0.25) is 0 Å². The summed E-state index contributed by atoms with van der Waals surface area (Å²) in [7, 11) is -1.97. The Morgan fingerprint density at radius 2 is 2.13 bits per heavy atom. The van der Waals surface area contributed by atoms with Crippen molar-refractivity contribution in [2.75, 3.05) is 33.4 Å². The second-order valence-corrected chi connectivity index (χ2v) is 8.39. The molecular formula is C16H22FNO4S. The van der Waals surface area contributed by atoms with E-state index in [1.807, 2.05) is 0 Å². The molecule has 1 aromatic carbocycles. The van der Waals surface area contributed by atoms with Crippen molar-refractivity contribution in [3.8, 4) is 0 Å². The van der Waals surface area contributed by atoms with Crippen molar-refractivity contribution in [1.82, 2.24) is 4.31 Å². The molecule has 2 aliphatic rings. The van der Waals surface area contributed by atoms with Crippen LogP contribution in [-0.2, 0) is 19.5 Å². The van der Waals surface area contributed by atoms with Crippen LogP contribution in [0.15, 0.2) is 29.2 Å². The number of halogens is 1. The number of hydrogen-bond donors (Lipinski definition) is 0. The van der Waals surface area contributed by atoms with Crippen molar-refractivity contribution in [1.29, 1.82) is 0 Å². The summed E-state index contributed by atoms with van der Waals surface area (Å²) >= 11 is 0. The maximum atomic E-state index is 13.3. The molecule has 2 fully saturated rings. The highest BCUT2D eigenvalue weighted by Gasteiger charge is 2.44. The highest BCUT2D eigenvalue weighted by Crippen LogP contribution is 2.42. The number of benzene rings is 1. The molecule has 0 saturated carbocycles. The van der Waals surface area contributed by atoms with Gasteiger partial charge in [0.2, 0.25) is 10.0 Å². The van der Waals surface area contributed by atoms with Gasteiger partial charge in [-0.25, -0.2) is 12.8 Å². The fourth-order valence-corrected chi connectivity index (χ4v) is 4.99. The molecular weight excluding hydrogens is 321 g/mol. The number of rotatable bonds is 4. The average Bonchev–Trinajstić information content (AvgIpc) is 2.91. The van der Waals surface area contributed by atoms with Gasteiger partial charge in [-0.2, -0.15) is 4.31 Å². The molecule has 0 aliphatic carbocycles. The summed E-state index contributed by atoms with van der Waals surface area (Å²) in [5.74, 6) is -0.536. The second kappa shape index (κ2) is 6.47. The van der Waals surface area contributed by atoms with Gasteiger partial charge >= 0.3 is 0 Å². The minimum absolute atomic E-state index is 0.0216. The fraction of sp³-hybridized carbons (Fsp3) is 0.625. The van der Waals surface area contributed by atoms with Crippen LogP contribution in [0.2, 0.25) is 0 Å². The number of piperidine rings is 1. The molecule has 0 unspecified atom stereocenters. The minimum Gasteiger partial charge on any atom is -0.382 e. The zero-order chi connectivity index (χ0) is 16.5. The number of nitrogens with zero attached hydrogens (tertiary/aromatic N) is 1. The van der Waals surface area contributed by atoms with Crippen LogP contribution in [0.1, 0.15) is 19.3 Å². The van der Waals surface area contributed by atoms with E-state index in [2.05, 4.69) is 0 Å². The summed E-state index contributed by atoms with van der Waals surface area (Å²) < 4.78 is 50.9. The summed E-state index contributed by atoms with van der Waals surface area (Å²) in [5, 5.41) is 0. The van der Waals surface area contributed by atoms with Gasteiger partial charge in [-0.15, -0.1) is 0 Å². The smallest absolute Gasteiger partial charge is 0.243 e. The van der Waals surface area contributed by atoms with Crippen molar-refractivity contribution in [2.24, 2.45) is 5.41 Å². The largest absolute Gasteiger partial charge is 0.382 e. The molecule has 5 nitrogen and oxygen atoms in total. The molecule has 2 aliphatic heterocycles. The molecule has 0 bridgehead atoms. The van der Waals surface area contributed by atoms with Crippen LogP contribution in [-0.4, -0.2) is 52.2 Å². The lowest BCUT2D eigenvalue weighted by molar-refractivity contribution is 0.0312. The van der Waals surface area contributed by atoms with E-state index in [0.29, 0.717) is 26.3 Å². The predicted octanol–water partition coefficient (Wildman–Crippen LogP) is 2.03. The molecule has 128 valence electrons. The normalized spacial score (nSPS) is 25.0. The first kappa shape index (κ1) is 16.8. The monoisotopic (exact) mass is 343 g/mol. The van der Waals surface area contributed by atoms with E-state index in [1.54, 1.807) is 7.11 Å². The van der Waals surface area contributed by atoms with Crippen LogP contribution < -0.4 is 0 Å². The number of ether oxygens (including phenoxy) is 2. The van der Waals surface area contributed by atoms with Gasteiger partial charge in [0.1, 0.15) is 5.82 Å². The lowest BCUT2D eigenvalue weighted by Crippen LogP contribution is -2.43. The molecule has 2 saturated heterocycles. The molecule has 1 atom stereocenters. The molecule has 7 heteroatoms. The Kier molecular flexibility index (Phi) is 4.73. The third-order valence-corrected chi connectivity index (χ3v) is 6.75. The molecule has 3 rings (SSSR count). The fourth-order valence-electron chi connectivity index (χ4n) is 3.51. The third-order valence-electron chi connectivity index (χ3n) is 4.86. The zero-order valence-electron chi connectivity index (χ0n) is 13.2. The Morgan fingerprint density at radius 3 is 2.78 bits per heavy atom. The van der Waals surface area contributed by atoms with Gasteiger partial charge in [-0.05, 0) is 42.9 Å². The standard InChI is InChI=1S/C16H22FNO4S/c1-21-11-14-10-16(12-22-14)5-7-18(8-6-16)23(19,20)15-4-2-3-13(17)9-15/h2-4,9,14H,5-8,10-12H2,1H3/t14-/m0/s1. The number of sulfonamides is 1. The van der Waals surface area contributed by atoms with Crippen LogP contribution >= 0.6 is 0 Å². The molecule has 0 aromatic heterocycles. The van der Waals surface area contributed by atoms with Crippen molar-refractivity contribution in [2.45, 2.75) is 30.3 Å². The van der Waals surface area contributed by atoms with Crippen molar-refractivity contribution in [3.05, 3.63) is 30.1 Å². The van der Waals surface area contributed by atoms with Gasteiger partial charge in [0.05, 0.1) is 24.2 Å². The first-order valence-corrected chi connectivity index (χ1v) is 9.25. The second-order valence-electron chi connectivity index (χ2n) is 6.45. The Labute approximate surface area is 136 Å². The first-order valence-electron chi connectivity index (χ1n) is 7.81. The van der Waals surface area contributed by atoms with E-state index in [0.717, 1.165) is 25.3 Å². The number of hydrogen-bond acceptors (Lipinski definition) is 4. The van der Waals surface area contributed by atoms with E-state index in [9.17, 15) is 12.8 Å². The Bertz CT molecular complexity index is 656. The van der Waals surface area contributed by atoms with Crippen LogP contribution in [0.3, 0.4) is 0 Å². The maximum Gasteiger partial charge on any atom is 0.243 e. The highest BCUT2D eigenvalue weighted by atomic mass is 32.2. The number of methoxy groups -OCH3 is 1. The van der Waals surface area contributed by atoms with Crippen molar-refractivity contribution >= 4 is 10.0 Å². The summed E-state index contributed by atoms with van der Waals surface area (Å²) in [6.45, 7) is 2.13. The Balaban J connectivity index is 1.67. The minimum atomic E-state index is -3.63. The molecule has 1 spiro atoms. The molecule has 2 heterocycles. The highest BCUT2D eigenvalue weighted by molar-refractivity contribution is 7.89. The van der Waals surface area contributed by atoms with E-state index >= 15 is 0 Å². The lowest BCUT2D eigenvalue weighted by Gasteiger charge is -2.37. The van der Waals surface area contributed by atoms with Gasteiger partial charge in [0.15, 0.2) is 0 Å². The molecule has 1 aromatic rings. The maximum absolute atomic E-state index is 13.3. The lowest BCUT2D eigenvalue weighted by atomic mass is 9.77. The van der Waals surface area contributed by atoms with E-state index in [-0.39, 0.29) is 16.4 Å². The van der Waals surface area contributed by atoms with Crippen molar-refractivity contribution in [3.63, 3.8) is 0 Å². The van der Waals surface area contributed by atoms with Crippen LogP contribution in [0.5, 0.6) is 0 Å². The zero-order valence-corrected chi connectivity index (χ0v) is 14.0. The van der Waals surface area contributed by atoms with Crippen molar-refractivity contribution < 1.29 is 22.3 Å². The van der Waals surface area contributed by atoms with Crippen LogP contribution in [0.4, 0.5) is 4.39 Å². The molecule has 0 radical (unpaired) electrons. The SMILES string of the molecule is COC[C@@H]1CC2(CCN(S(=O)(=O)c3cccc(F)c3)CC2)CO1. The third kappa shape index (κ3) is 3.42. The van der Waals surface area contributed by atoms with Gasteiger partial charge in [0.25, 0.3) is 0 Å². The summed E-state index contributed by atoms with van der Waals surface area (Å²) in [5.41, 5.74) is 0.0527. The van der Waals surface area contributed by atoms with Crippen LogP contribution in [0, 0.1) is 11.2 Å². The predicted molar refractivity (Wildman–Crippen MR) is 83.1 cm³/mol. The molecule has 0 N–H and O–H groups in total. The molecule has 0 amide bonds. The Morgan fingerprint density at radius 1 is 1.39 bits per heavy atom. The van der Waals surface area contributed by atoms with Gasteiger partial charge in [-0.1, -0.05) is 6.07 Å². The van der Waals surface area contributed by atoms with Gasteiger partial charge in [0, 0.05) is 20.2 Å². The summed E-state index contributed by atoms with van der Waals surface area (Å²) in [6.07, 6.45) is 2.55. The quantitative estimate of drug-likeness (QED) is 0.839. The molecule has 23 heavy (non-hydrogen) atoms. The van der Waals surface area contributed by atoms with E-state index < -0.39 is 15.8 Å². The topological polar surface area (TPSA) is 55.8 Å². The average molecular weight is 343 g/mol.